The quantitative estimate of drug-likeness (QED) is 0.365. The third kappa shape index (κ3) is 2.58. The van der Waals surface area contributed by atoms with Crippen LogP contribution >= 0.6 is 0 Å². The van der Waals surface area contributed by atoms with E-state index in [9.17, 15) is 0 Å². The van der Waals surface area contributed by atoms with Crippen molar-refractivity contribution in [1.29, 1.82) is 0 Å². The highest BCUT2D eigenvalue weighted by Gasteiger charge is 2.23. The van der Waals surface area contributed by atoms with Gasteiger partial charge in [0.15, 0.2) is 5.84 Å². The van der Waals surface area contributed by atoms with Gasteiger partial charge in [0, 0.05) is 24.3 Å². The molecule has 1 fully saturated rings. The van der Waals surface area contributed by atoms with Crippen molar-refractivity contribution in [1.82, 2.24) is 0 Å². The summed E-state index contributed by atoms with van der Waals surface area (Å²) in [6.45, 7) is 6.60. The number of amidine groups is 1. The van der Waals surface area contributed by atoms with Crippen LogP contribution in [0.5, 0.6) is 0 Å². The molecule has 0 aliphatic carbocycles. The minimum atomic E-state index is 0.177. The Morgan fingerprint density at radius 2 is 1.89 bits per heavy atom. The number of oxime groups is 1. The number of nitrogens with zero attached hydrogens (tertiary/aromatic N) is 2. The van der Waals surface area contributed by atoms with Gasteiger partial charge in [-0.15, -0.1) is 0 Å². The van der Waals surface area contributed by atoms with Crippen molar-refractivity contribution in [2.24, 2.45) is 22.7 Å². The summed E-state index contributed by atoms with van der Waals surface area (Å²) in [7, 11) is 0. The van der Waals surface area contributed by atoms with Crippen LogP contribution in [0.4, 0.5) is 5.69 Å². The third-order valence-corrected chi connectivity index (χ3v) is 3.50. The van der Waals surface area contributed by atoms with E-state index in [1.807, 2.05) is 24.3 Å². The molecule has 0 spiro atoms. The van der Waals surface area contributed by atoms with Crippen molar-refractivity contribution in [2.45, 2.75) is 20.3 Å². The number of para-hydroxylation sites is 1. The second-order valence-corrected chi connectivity index (χ2v) is 5.35. The molecule has 2 atom stereocenters. The lowest BCUT2D eigenvalue weighted by Crippen LogP contribution is -2.39. The average molecular weight is 247 g/mol. The molecule has 1 aromatic rings. The topological polar surface area (TPSA) is 61.8 Å². The van der Waals surface area contributed by atoms with Crippen LogP contribution in [0.15, 0.2) is 29.4 Å². The molecule has 2 unspecified atom stereocenters. The zero-order chi connectivity index (χ0) is 13.1. The molecule has 1 aliphatic rings. The molecule has 0 bridgehead atoms. The van der Waals surface area contributed by atoms with Gasteiger partial charge in [-0.25, -0.2) is 0 Å². The molecule has 4 heteroatoms. The fourth-order valence-electron chi connectivity index (χ4n) is 2.88. The van der Waals surface area contributed by atoms with Gasteiger partial charge in [0.2, 0.25) is 0 Å². The molecular formula is C14H21N3O. The van der Waals surface area contributed by atoms with Gasteiger partial charge < -0.3 is 15.8 Å². The van der Waals surface area contributed by atoms with E-state index in [2.05, 4.69) is 23.9 Å². The van der Waals surface area contributed by atoms with Crippen LogP contribution in [0.1, 0.15) is 25.8 Å². The Labute approximate surface area is 108 Å². The first-order valence-corrected chi connectivity index (χ1v) is 6.43. The van der Waals surface area contributed by atoms with Crippen LogP contribution in [0, 0.1) is 11.8 Å². The summed E-state index contributed by atoms with van der Waals surface area (Å²) in [5.41, 5.74) is 7.61. The molecule has 98 valence electrons. The van der Waals surface area contributed by atoms with Gasteiger partial charge in [0.25, 0.3) is 0 Å². The number of nitrogens with two attached hydrogens (primary N) is 1. The Balaban J connectivity index is 2.32. The van der Waals surface area contributed by atoms with Crippen LogP contribution < -0.4 is 10.6 Å². The lowest BCUT2D eigenvalue weighted by atomic mass is 9.91. The molecule has 0 amide bonds. The fraction of sp³-hybridized carbons (Fsp3) is 0.500. The summed E-state index contributed by atoms with van der Waals surface area (Å²) in [5, 5.41) is 12.0. The second kappa shape index (κ2) is 5.29. The van der Waals surface area contributed by atoms with Crippen LogP contribution in [-0.2, 0) is 0 Å². The first-order valence-electron chi connectivity index (χ1n) is 6.43. The Morgan fingerprint density at radius 3 is 2.50 bits per heavy atom. The Kier molecular flexibility index (Phi) is 3.75. The summed E-state index contributed by atoms with van der Waals surface area (Å²) >= 11 is 0. The second-order valence-electron chi connectivity index (χ2n) is 5.35. The third-order valence-electron chi connectivity index (χ3n) is 3.50. The van der Waals surface area contributed by atoms with Gasteiger partial charge in [-0.1, -0.05) is 31.1 Å². The van der Waals surface area contributed by atoms with Crippen molar-refractivity contribution in [2.75, 3.05) is 18.0 Å². The van der Waals surface area contributed by atoms with E-state index in [-0.39, 0.29) is 5.84 Å². The molecule has 4 nitrogen and oxygen atoms in total. The van der Waals surface area contributed by atoms with Crippen molar-refractivity contribution in [3.05, 3.63) is 29.8 Å². The summed E-state index contributed by atoms with van der Waals surface area (Å²) < 4.78 is 0. The highest BCUT2D eigenvalue weighted by molar-refractivity contribution is 6.02. The first kappa shape index (κ1) is 12.7. The highest BCUT2D eigenvalue weighted by atomic mass is 16.4. The number of rotatable bonds is 2. The molecule has 2 rings (SSSR count). The van der Waals surface area contributed by atoms with Gasteiger partial charge in [-0.3, -0.25) is 0 Å². The predicted molar refractivity (Wildman–Crippen MR) is 74.1 cm³/mol. The minimum absolute atomic E-state index is 0.177. The fourth-order valence-corrected chi connectivity index (χ4v) is 2.88. The van der Waals surface area contributed by atoms with Crippen molar-refractivity contribution < 1.29 is 5.21 Å². The molecular weight excluding hydrogens is 226 g/mol. The zero-order valence-electron chi connectivity index (χ0n) is 11.0. The van der Waals surface area contributed by atoms with E-state index in [1.54, 1.807) is 0 Å². The standard InChI is InChI=1S/C14H21N3O/c1-10-7-11(2)9-17(8-10)13-6-4-3-5-12(13)14(15)16-18/h3-6,10-11,18H,7-9H2,1-2H3,(H2,15,16). The normalized spacial score (nSPS) is 25.2. The molecule has 1 heterocycles. The summed E-state index contributed by atoms with van der Waals surface area (Å²) in [6, 6.07) is 7.84. The van der Waals surface area contributed by atoms with Crippen LogP contribution in [0.3, 0.4) is 0 Å². The summed E-state index contributed by atoms with van der Waals surface area (Å²) in [5.74, 6) is 1.53. The number of hydrogen-bond donors (Lipinski definition) is 2. The molecule has 18 heavy (non-hydrogen) atoms. The maximum Gasteiger partial charge on any atom is 0.172 e. The molecule has 1 saturated heterocycles. The van der Waals surface area contributed by atoms with Crippen molar-refractivity contribution >= 4 is 11.5 Å². The van der Waals surface area contributed by atoms with Gasteiger partial charge >= 0.3 is 0 Å². The number of benzene rings is 1. The van der Waals surface area contributed by atoms with E-state index < -0.39 is 0 Å². The van der Waals surface area contributed by atoms with E-state index in [0.29, 0.717) is 11.8 Å². The zero-order valence-corrected chi connectivity index (χ0v) is 11.0. The average Bonchev–Trinajstić information content (AvgIpc) is 2.36. The molecule has 3 N–H and O–H groups in total. The van der Waals surface area contributed by atoms with Gasteiger partial charge in [-0.2, -0.15) is 0 Å². The van der Waals surface area contributed by atoms with E-state index in [4.69, 9.17) is 10.9 Å². The van der Waals surface area contributed by atoms with Gasteiger partial charge in [-0.05, 0) is 30.4 Å². The molecule has 0 radical (unpaired) electrons. The van der Waals surface area contributed by atoms with Crippen LogP contribution in [0.25, 0.3) is 0 Å². The largest absolute Gasteiger partial charge is 0.409 e. The Hall–Kier alpha value is -1.71. The molecule has 0 aromatic heterocycles. The van der Waals surface area contributed by atoms with Crippen LogP contribution in [0.2, 0.25) is 0 Å². The van der Waals surface area contributed by atoms with Crippen molar-refractivity contribution in [3.8, 4) is 0 Å². The van der Waals surface area contributed by atoms with E-state index in [1.165, 1.54) is 6.42 Å². The lowest BCUT2D eigenvalue weighted by molar-refractivity contribution is 0.318. The summed E-state index contributed by atoms with van der Waals surface area (Å²) in [4.78, 5) is 2.34. The number of anilines is 1. The maximum atomic E-state index is 8.86. The van der Waals surface area contributed by atoms with Crippen molar-refractivity contribution in [3.63, 3.8) is 0 Å². The minimum Gasteiger partial charge on any atom is -0.409 e. The molecule has 0 saturated carbocycles. The Bertz CT molecular complexity index is 434. The maximum absolute atomic E-state index is 8.86. The number of piperidine rings is 1. The van der Waals surface area contributed by atoms with Gasteiger partial charge in [0.1, 0.15) is 0 Å². The van der Waals surface area contributed by atoms with E-state index in [0.717, 1.165) is 24.3 Å². The molecule has 1 aromatic carbocycles. The monoisotopic (exact) mass is 247 g/mol. The SMILES string of the molecule is CC1CC(C)CN(c2ccccc2/C(N)=N/O)C1. The van der Waals surface area contributed by atoms with Crippen LogP contribution in [-0.4, -0.2) is 24.1 Å². The molecule has 1 aliphatic heterocycles. The lowest BCUT2D eigenvalue weighted by Gasteiger charge is -2.37. The first-order chi connectivity index (χ1) is 8.61. The highest BCUT2D eigenvalue weighted by Crippen LogP contribution is 2.28. The Morgan fingerprint density at radius 1 is 1.28 bits per heavy atom. The summed E-state index contributed by atoms with van der Waals surface area (Å²) in [6.07, 6.45) is 1.27. The predicted octanol–water partition coefficient (Wildman–Crippen LogP) is 2.26. The number of hydrogen-bond acceptors (Lipinski definition) is 3. The smallest absolute Gasteiger partial charge is 0.172 e. The van der Waals surface area contributed by atoms with Gasteiger partial charge in [0.05, 0.1) is 0 Å². The van der Waals surface area contributed by atoms with E-state index >= 15 is 0 Å².